The highest BCUT2D eigenvalue weighted by atomic mass is 79.9. The molecule has 2 heterocycles. The van der Waals surface area contributed by atoms with E-state index in [2.05, 4.69) is 20.9 Å². The quantitative estimate of drug-likeness (QED) is 0.162. The highest BCUT2D eigenvalue weighted by molar-refractivity contribution is 9.10. The van der Waals surface area contributed by atoms with Gasteiger partial charge >= 0.3 is 0 Å². The van der Waals surface area contributed by atoms with Gasteiger partial charge < -0.3 is 9.47 Å². The number of hydrogen-bond donors (Lipinski definition) is 0. The molecule has 1 aliphatic heterocycles. The van der Waals surface area contributed by atoms with Gasteiger partial charge in [-0.15, -0.1) is 0 Å². The molecule has 33 heavy (non-hydrogen) atoms. The number of carbonyl (C=O) groups excluding carboxylic acids is 1. The van der Waals surface area contributed by atoms with Gasteiger partial charge in [0.25, 0.3) is 11.6 Å². The lowest BCUT2D eigenvalue weighted by Crippen LogP contribution is -2.27. The van der Waals surface area contributed by atoms with Gasteiger partial charge in [0, 0.05) is 16.6 Å². The molecule has 1 amide bonds. The number of hydrogen-bond acceptors (Lipinski definition) is 8. The number of rotatable bonds is 6. The molecule has 166 valence electrons. The van der Waals surface area contributed by atoms with Crippen LogP contribution in [0.5, 0.6) is 17.4 Å². The summed E-state index contributed by atoms with van der Waals surface area (Å²) < 4.78 is 12.5. The molecule has 2 aromatic carbocycles. The van der Waals surface area contributed by atoms with Crippen molar-refractivity contribution in [3.63, 3.8) is 0 Å². The van der Waals surface area contributed by atoms with Crippen molar-refractivity contribution in [3.05, 3.63) is 85.8 Å². The second-order valence-electron chi connectivity index (χ2n) is 6.62. The van der Waals surface area contributed by atoms with Gasteiger partial charge in [0.15, 0.2) is 15.8 Å². The average Bonchev–Trinajstić information content (AvgIpc) is 3.08. The number of thioether (sulfide) groups is 1. The van der Waals surface area contributed by atoms with Crippen molar-refractivity contribution < 1.29 is 19.2 Å². The number of pyridine rings is 1. The van der Waals surface area contributed by atoms with Crippen molar-refractivity contribution in [1.82, 2.24) is 4.98 Å². The van der Waals surface area contributed by atoms with E-state index >= 15 is 0 Å². The Kier molecular flexibility index (Phi) is 6.72. The van der Waals surface area contributed by atoms with Gasteiger partial charge in [-0.3, -0.25) is 19.8 Å². The number of benzene rings is 2. The molecule has 0 saturated carbocycles. The molecular formula is C22H14BrN3O5S2. The molecule has 0 radical (unpaired) electrons. The fraction of sp³-hybridized carbons (Fsp3) is 0.0455. The second kappa shape index (κ2) is 9.69. The van der Waals surface area contributed by atoms with E-state index in [0.29, 0.717) is 32.0 Å². The Labute approximate surface area is 206 Å². The number of methoxy groups -OCH3 is 1. The molecule has 1 aliphatic rings. The van der Waals surface area contributed by atoms with E-state index in [1.807, 2.05) is 24.3 Å². The molecule has 0 atom stereocenters. The van der Waals surface area contributed by atoms with E-state index in [0.717, 1.165) is 10.7 Å². The monoisotopic (exact) mass is 543 g/mol. The highest BCUT2D eigenvalue weighted by Gasteiger charge is 2.33. The summed E-state index contributed by atoms with van der Waals surface area (Å²) in [6.07, 6.45) is 2.85. The Hall–Kier alpha value is -3.28. The summed E-state index contributed by atoms with van der Waals surface area (Å²) in [5.41, 5.74) is 1.28. The number of nitro groups is 1. The number of anilines is 1. The number of carbonyl (C=O) groups is 1. The van der Waals surface area contributed by atoms with Crippen LogP contribution in [-0.2, 0) is 4.79 Å². The molecule has 8 nitrogen and oxygen atoms in total. The predicted octanol–water partition coefficient (Wildman–Crippen LogP) is 5.96. The molecule has 3 aromatic rings. The van der Waals surface area contributed by atoms with Crippen molar-refractivity contribution >= 4 is 67.6 Å². The highest BCUT2D eigenvalue weighted by Crippen LogP contribution is 2.38. The van der Waals surface area contributed by atoms with E-state index in [1.54, 1.807) is 24.3 Å². The fourth-order valence-electron chi connectivity index (χ4n) is 2.94. The van der Waals surface area contributed by atoms with Crippen LogP contribution < -0.4 is 14.4 Å². The van der Waals surface area contributed by atoms with Gasteiger partial charge in [0.05, 0.1) is 22.6 Å². The zero-order valence-electron chi connectivity index (χ0n) is 16.9. The third-order valence-electron chi connectivity index (χ3n) is 4.51. The minimum absolute atomic E-state index is 0.134. The molecule has 1 fully saturated rings. The van der Waals surface area contributed by atoms with Crippen molar-refractivity contribution in [3.8, 4) is 17.4 Å². The number of aromatic nitrogens is 1. The molecule has 0 bridgehead atoms. The Morgan fingerprint density at radius 2 is 1.91 bits per heavy atom. The topological polar surface area (TPSA) is 94.8 Å². The van der Waals surface area contributed by atoms with E-state index in [4.69, 9.17) is 21.7 Å². The number of amides is 1. The summed E-state index contributed by atoms with van der Waals surface area (Å²) in [4.78, 5) is 29.1. The minimum atomic E-state index is -0.536. The fourth-order valence-corrected chi connectivity index (χ4v) is 4.51. The van der Waals surface area contributed by atoms with Crippen LogP contribution in [0.2, 0.25) is 0 Å². The lowest BCUT2D eigenvalue weighted by molar-refractivity contribution is -0.385. The van der Waals surface area contributed by atoms with Gasteiger partial charge in [0.1, 0.15) is 6.20 Å². The lowest BCUT2D eigenvalue weighted by Gasteiger charge is -2.14. The Morgan fingerprint density at radius 1 is 1.15 bits per heavy atom. The van der Waals surface area contributed by atoms with E-state index in [-0.39, 0.29) is 17.5 Å². The summed E-state index contributed by atoms with van der Waals surface area (Å²) in [6.45, 7) is 0. The Bertz CT molecular complexity index is 1280. The largest absolute Gasteiger partial charge is 0.493 e. The van der Waals surface area contributed by atoms with Crippen molar-refractivity contribution in [2.75, 3.05) is 12.0 Å². The van der Waals surface area contributed by atoms with Crippen molar-refractivity contribution in [2.24, 2.45) is 0 Å². The number of ether oxygens (including phenoxy) is 2. The molecular weight excluding hydrogens is 530 g/mol. The third-order valence-corrected chi connectivity index (χ3v) is 6.34. The first-order chi connectivity index (χ1) is 15.9. The average molecular weight is 544 g/mol. The third kappa shape index (κ3) is 5.05. The predicted molar refractivity (Wildman–Crippen MR) is 134 cm³/mol. The molecule has 1 aromatic heterocycles. The van der Waals surface area contributed by atoms with Crippen LogP contribution >= 0.6 is 39.9 Å². The van der Waals surface area contributed by atoms with Gasteiger partial charge in [-0.2, -0.15) is 0 Å². The minimum Gasteiger partial charge on any atom is -0.493 e. The van der Waals surface area contributed by atoms with E-state index in [9.17, 15) is 14.9 Å². The molecule has 0 spiro atoms. The molecule has 0 aliphatic carbocycles. The number of thiocarbonyl (C=S) groups is 1. The maximum atomic E-state index is 13.0. The molecule has 11 heteroatoms. The van der Waals surface area contributed by atoms with Gasteiger partial charge in [-0.05, 0) is 48.0 Å². The van der Waals surface area contributed by atoms with Crippen LogP contribution in [0.15, 0.2) is 70.2 Å². The first-order valence-electron chi connectivity index (χ1n) is 9.35. The van der Waals surface area contributed by atoms with Crippen LogP contribution in [0.3, 0.4) is 0 Å². The summed E-state index contributed by atoms with van der Waals surface area (Å²) in [5.74, 6) is 0.759. The van der Waals surface area contributed by atoms with Gasteiger partial charge in [-0.25, -0.2) is 4.98 Å². The van der Waals surface area contributed by atoms with Gasteiger partial charge in [-0.1, -0.05) is 46.0 Å². The molecule has 0 N–H and O–H groups in total. The standard InChI is InChI=1S/C22H14BrN3O5S2/c1-30-18-10-13(2-8-17(18)31-20-9-7-16(12-24-20)26(28)29)11-19-21(27)25(22(32)33-19)15-5-3-14(23)4-6-15/h2-12H,1H3/b19-11+. The van der Waals surface area contributed by atoms with Gasteiger partial charge in [0.2, 0.25) is 5.88 Å². The lowest BCUT2D eigenvalue weighted by atomic mass is 10.2. The number of halogens is 1. The first-order valence-corrected chi connectivity index (χ1v) is 11.4. The smallest absolute Gasteiger partial charge is 0.287 e. The maximum absolute atomic E-state index is 13.0. The van der Waals surface area contributed by atoms with Crippen LogP contribution in [0, 0.1) is 10.1 Å². The normalized spacial score (nSPS) is 14.6. The van der Waals surface area contributed by atoms with Crippen LogP contribution in [0.25, 0.3) is 6.08 Å². The van der Waals surface area contributed by atoms with Crippen molar-refractivity contribution in [1.29, 1.82) is 0 Å². The molecule has 1 saturated heterocycles. The van der Waals surface area contributed by atoms with Crippen LogP contribution in [0.4, 0.5) is 11.4 Å². The van der Waals surface area contributed by atoms with Crippen LogP contribution in [-0.4, -0.2) is 27.2 Å². The van der Waals surface area contributed by atoms with E-state index in [1.165, 1.54) is 35.9 Å². The maximum Gasteiger partial charge on any atom is 0.287 e. The number of nitrogens with zero attached hydrogens (tertiary/aromatic N) is 3. The second-order valence-corrected chi connectivity index (χ2v) is 9.21. The summed E-state index contributed by atoms with van der Waals surface area (Å²) in [5, 5.41) is 10.8. The van der Waals surface area contributed by atoms with Crippen LogP contribution in [0.1, 0.15) is 5.56 Å². The zero-order chi connectivity index (χ0) is 23.5. The summed E-state index contributed by atoms with van der Waals surface area (Å²) >= 11 is 10.0. The van der Waals surface area contributed by atoms with E-state index < -0.39 is 4.92 Å². The first kappa shape index (κ1) is 22.9. The Balaban J connectivity index is 1.56. The summed E-state index contributed by atoms with van der Waals surface area (Å²) in [6, 6.07) is 15.2. The summed E-state index contributed by atoms with van der Waals surface area (Å²) in [7, 11) is 1.49. The Morgan fingerprint density at radius 3 is 2.55 bits per heavy atom. The zero-order valence-corrected chi connectivity index (χ0v) is 20.1. The van der Waals surface area contributed by atoms with Crippen molar-refractivity contribution in [2.45, 2.75) is 0 Å². The molecule has 4 rings (SSSR count). The molecule has 0 unspecified atom stereocenters. The SMILES string of the molecule is COc1cc(/C=C2/SC(=S)N(c3ccc(Br)cc3)C2=O)ccc1Oc1ccc([N+](=O)[O-])cn1.